The van der Waals surface area contributed by atoms with Gasteiger partial charge in [0, 0.05) is 19.1 Å². The average molecular weight is 222 g/mol. The van der Waals surface area contributed by atoms with Gasteiger partial charge in [0.15, 0.2) is 0 Å². The van der Waals surface area contributed by atoms with E-state index in [1.165, 1.54) is 0 Å². The highest BCUT2D eigenvalue weighted by Crippen LogP contribution is 2.10. The van der Waals surface area contributed by atoms with E-state index in [-0.39, 0.29) is 24.4 Å². The van der Waals surface area contributed by atoms with E-state index in [0.717, 1.165) is 25.9 Å². The van der Waals surface area contributed by atoms with Crippen LogP contribution in [0, 0.1) is 0 Å². The minimum Gasteiger partial charge on any atom is -0.340 e. The summed E-state index contributed by atoms with van der Waals surface area (Å²) in [6.07, 6.45) is 2.23. The van der Waals surface area contributed by atoms with Crippen LogP contribution in [0.25, 0.3) is 0 Å². The lowest BCUT2D eigenvalue weighted by Crippen LogP contribution is -2.51. The largest absolute Gasteiger partial charge is 0.340 e. The highest BCUT2D eigenvalue weighted by atomic mass is 35.5. The molecule has 84 valence electrons. The number of nitrogens with two attached hydrogens (primary N) is 1. The van der Waals surface area contributed by atoms with Crippen LogP contribution in [0.15, 0.2) is 0 Å². The molecule has 5 heteroatoms. The van der Waals surface area contributed by atoms with Crippen LogP contribution in [0.3, 0.4) is 0 Å². The number of hydrogen-bond donors (Lipinski definition) is 2. The first-order valence-corrected chi connectivity index (χ1v) is 4.86. The van der Waals surface area contributed by atoms with Crippen LogP contribution in [0.4, 0.5) is 0 Å². The van der Waals surface area contributed by atoms with Gasteiger partial charge in [0.25, 0.3) is 0 Å². The van der Waals surface area contributed by atoms with Crippen molar-refractivity contribution in [3.8, 4) is 0 Å². The smallest absolute Gasteiger partial charge is 0.239 e. The summed E-state index contributed by atoms with van der Waals surface area (Å²) < 4.78 is 0. The molecule has 1 saturated heterocycles. The molecule has 2 atom stereocenters. The molecule has 0 bridgehead atoms. The number of likely N-dealkylation sites (N-methyl/N-ethyl adjacent to an activating group) is 1. The molecule has 0 radical (unpaired) electrons. The molecular formula is C9H20ClN3O. The molecule has 3 N–H and O–H groups in total. The van der Waals surface area contributed by atoms with Crippen molar-refractivity contribution in [2.24, 2.45) is 5.73 Å². The topological polar surface area (TPSA) is 58.4 Å². The molecule has 1 amide bonds. The Morgan fingerprint density at radius 1 is 1.64 bits per heavy atom. The van der Waals surface area contributed by atoms with Crippen molar-refractivity contribution in [1.29, 1.82) is 0 Å². The van der Waals surface area contributed by atoms with Gasteiger partial charge in [0.05, 0.1) is 6.04 Å². The molecule has 0 spiro atoms. The van der Waals surface area contributed by atoms with Crippen molar-refractivity contribution >= 4 is 18.3 Å². The van der Waals surface area contributed by atoms with Gasteiger partial charge in [-0.3, -0.25) is 4.79 Å². The SMILES string of the molecule is CNC1CCCN(C(=O)[C@@H](C)N)C1.Cl. The lowest BCUT2D eigenvalue weighted by Gasteiger charge is -2.33. The second kappa shape index (κ2) is 6.22. The highest BCUT2D eigenvalue weighted by molar-refractivity contribution is 5.85. The van der Waals surface area contributed by atoms with Crippen LogP contribution in [0.2, 0.25) is 0 Å². The van der Waals surface area contributed by atoms with Gasteiger partial charge in [-0.15, -0.1) is 12.4 Å². The Labute approximate surface area is 91.6 Å². The molecule has 0 aromatic carbocycles. The lowest BCUT2D eigenvalue weighted by molar-refractivity contribution is -0.133. The summed E-state index contributed by atoms with van der Waals surface area (Å²) in [5, 5.41) is 3.19. The van der Waals surface area contributed by atoms with Crippen LogP contribution in [0.5, 0.6) is 0 Å². The number of carbonyl (C=O) groups is 1. The van der Waals surface area contributed by atoms with E-state index < -0.39 is 0 Å². The van der Waals surface area contributed by atoms with Crippen LogP contribution in [0.1, 0.15) is 19.8 Å². The zero-order valence-corrected chi connectivity index (χ0v) is 9.64. The molecule has 0 aromatic rings. The average Bonchev–Trinajstić information content (AvgIpc) is 2.16. The molecule has 0 saturated carbocycles. The Bertz CT molecular complexity index is 187. The van der Waals surface area contributed by atoms with Gasteiger partial charge in [-0.2, -0.15) is 0 Å². The van der Waals surface area contributed by atoms with Gasteiger partial charge >= 0.3 is 0 Å². The number of likely N-dealkylation sites (tertiary alicyclic amines) is 1. The Kier molecular flexibility index (Phi) is 6.08. The summed E-state index contributed by atoms with van der Waals surface area (Å²) in [6.45, 7) is 3.40. The van der Waals surface area contributed by atoms with Crippen molar-refractivity contribution in [3.63, 3.8) is 0 Å². The third kappa shape index (κ3) is 3.44. The fraction of sp³-hybridized carbons (Fsp3) is 0.889. The molecule has 1 aliphatic rings. The molecule has 1 aliphatic heterocycles. The second-order valence-electron chi connectivity index (χ2n) is 3.70. The maximum Gasteiger partial charge on any atom is 0.239 e. The van der Waals surface area contributed by atoms with Crippen LogP contribution < -0.4 is 11.1 Å². The van der Waals surface area contributed by atoms with Crippen molar-refractivity contribution < 1.29 is 4.79 Å². The number of piperidine rings is 1. The minimum absolute atomic E-state index is 0. The summed E-state index contributed by atoms with van der Waals surface area (Å²) in [5.41, 5.74) is 5.54. The van der Waals surface area contributed by atoms with Gasteiger partial charge in [-0.25, -0.2) is 0 Å². The third-order valence-corrected chi connectivity index (χ3v) is 2.53. The number of nitrogens with zero attached hydrogens (tertiary/aromatic N) is 1. The van der Waals surface area contributed by atoms with Crippen molar-refractivity contribution in [1.82, 2.24) is 10.2 Å². The van der Waals surface area contributed by atoms with Crippen molar-refractivity contribution in [2.75, 3.05) is 20.1 Å². The summed E-state index contributed by atoms with van der Waals surface area (Å²) in [6, 6.07) is 0.0760. The molecule has 1 rings (SSSR count). The fourth-order valence-electron chi connectivity index (χ4n) is 1.70. The Hall–Kier alpha value is -0.320. The Morgan fingerprint density at radius 3 is 2.79 bits per heavy atom. The van der Waals surface area contributed by atoms with Gasteiger partial charge < -0.3 is 16.0 Å². The Morgan fingerprint density at radius 2 is 2.29 bits per heavy atom. The fourth-order valence-corrected chi connectivity index (χ4v) is 1.70. The van der Waals surface area contributed by atoms with Crippen LogP contribution >= 0.6 is 12.4 Å². The summed E-state index contributed by atoms with van der Waals surface area (Å²) >= 11 is 0. The van der Waals surface area contributed by atoms with Crippen molar-refractivity contribution in [3.05, 3.63) is 0 Å². The Balaban J connectivity index is 0.00000169. The second-order valence-corrected chi connectivity index (χ2v) is 3.70. The van der Waals surface area contributed by atoms with Crippen LogP contribution in [-0.2, 0) is 4.79 Å². The zero-order chi connectivity index (χ0) is 9.84. The minimum atomic E-state index is -0.365. The monoisotopic (exact) mass is 221 g/mol. The van der Waals surface area contributed by atoms with E-state index in [1.807, 2.05) is 11.9 Å². The number of hydrogen-bond acceptors (Lipinski definition) is 3. The van der Waals surface area contributed by atoms with Gasteiger partial charge in [-0.05, 0) is 26.8 Å². The number of carbonyl (C=O) groups excluding carboxylic acids is 1. The molecule has 0 aromatic heterocycles. The maximum atomic E-state index is 11.5. The summed E-state index contributed by atoms with van der Waals surface area (Å²) in [4.78, 5) is 13.4. The molecule has 1 heterocycles. The lowest BCUT2D eigenvalue weighted by atomic mass is 10.1. The van der Waals surface area contributed by atoms with Crippen LogP contribution in [-0.4, -0.2) is 43.0 Å². The quantitative estimate of drug-likeness (QED) is 0.689. The summed E-state index contributed by atoms with van der Waals surface area (Å²) in [7, 11) is 1.94. The highest BCUT2D eigenvalue weighted by Gasteiger charge is 2.23. The van der Waals surface area contributed by atoms with E-state index in [4.69, 9.17) is 5.73 Å². The molecule has 4 nitrogen and oxygen atoms in total. The molecule has 1 unspecified atom stereocenters. The number of rotatable bonds is 2. The third-order valence-electron chi connectivity index (χ3n) is 2.53. The predicted octanol–water partition coefficient (Wildman–Crippen LogP) is -0.0342. The molecule has 14 heavy (non-hydrogen) atoms. The molecular weight excluding hydrogens is 202 g/mol. The van der Waals surface area contributed by atoms with E-state index in [0.29, 0.717) is 6.04 Å². The molecule has 0 aliphatic carbocycles. The van der Waals surface area contributed by atoms with E-state index >= 15 is 0 Å². The predicted molar refractivity (Wildman–Crippen MR) is 59.6 cm³/mol. The van der Waals surface area contributed by atoms with E-state index in [9.17, 15) is 4.79 Å². The molecule has 1 fully saturated rings. The number of amides is 1. The van der Waals surface area contributed by atoms with E-state index in [2.05, 4.69) is 5.32 Å². The van der Waals surface area contributed by atoms with Gasteiger partial charge in [0.1, 0.15) is 0 Å². The first-order chi connectivity index (χ1) is 6.15. The van der Waals surface area contributed by atoms with Crippen molar-refractivity contribution in [2.45, 2.75) is 31.8 Å². The standard InChI is InChI=1S/C9H19N3O.ClH/c1-7(10)9(13)12-5-3-4-8(6-12)11-2;/h7-8,11H,3-6,10H2,1-2H3;1H/t7-,8?;/m1./s1. The normalized spacial score (nSPS) is 23.9. The van der Waals surface area contributed by atoms with Gasteiger partial charge in [0.2, 0.25) is 5.91 Å². The number of nitrogens with one attached hydrogen (secondary N) is 1. The first kappa shape index (κ1) is 13.7. The van der Waals surface area contributed by atoms with Gasteiger partial charge in [-0.1, -0.05) is 0 Å². The summed E-state index contributed by atoms with van der Waals surface area (Å²) in [5.74, 6) is 0.0694. The maximum absolute atomic E-state index is 11.5. The van der Waals surface area contributed by atoms with E-state index in [1.54, 1.807) is 6.92 Å². The zero-order valence-electron chi connectivity index (χ0n) is 8.82. The number of halogens is 1. The first-order valence-electron chi connectivity index (χ1n) is 4.86.